The third-order valence-electron chi connectivity index (χ3n) is 4.22. The van der Waals surface area contributed by atoms with E-state index in [1.54, 1.807) is 0 Å². The summed E-state index contributed by atoms with van der Waals surface area (Å²) in [5.41, 5.74) is 0. The highest BCUT2D eigenvalue weighted by atomic mass is 15.2. The Morgan fingerprint density at radius 3 is 2.71 bits per heavy atom. The second kappa shape index (κ2) is 8.10. The minimum absolute atomic E-state index is 0.726. The normalized spacial score (nSPS) is 27.4. The molecular formula is C15H32N2. The first-order valence-electron chi connectivity index (χ1n) is 7.64. The van der Waals surface area contributed by atoms with Crippen LogP contribution in [0.25, 0.3) is 0 Å². The zero-order chi connectivity index (χ0) is 12.7. The van der Waals surface area contributed by atoms with E-state index in [4.69, 9.17) is 0 Å². The Hall–Kier alpha value is -0.0800. The van der Waals surface area contributed by atoms with Crippen LogP contribution in [0.4, 0.5) is 0 Å². The Morgan fingerprint density at radius 2 is 2.12 bits per heavy atom. The van der Waals surface area contributed by atoms with Crippen LogP contribution in [0.1, 0.15) is 59.8 Å². The van der Waals surface area contributed by atoms with E-state index in [1.807, 2.05) is 0 Å². The van der Waals surface area contributed by atoms with Crippen LogP contribution in [0.2, 0.25) is 0 Å². The Balaban J connectivity index is 2.40. The lowest BCUT2D eigenvalue weighted by atomic mass is 9.93. The average molecular weight is 240 g/mol. The molecule has 0 bridgehead atoms. The summed E-state index contributed by atoms with van der Waals surface area (Å²) in [6, 6.07) is 1.46. The third-order valence-corrected chi connectivity index (χ3v) is 4.22. The first-order chi connectivity index (χ1) is 8.17. The number of hydrogen-bond donors (Lipinski definition) is 1. The first kappa shape index (κ1) is 15.0. The molecule has 0 aromatic heterocycles. The van der Waals surface area contributed by atoms with Crippen LogP contribution in [-0.4, -0.2) is 36.6 Å². The van der Waals surface area contributed by atoms with Crippen molar-refractivity contribution in [3.8, 4) is 0 Å². The summed E-state index contributed by atoms with van der Waals surface area (Å²) in [6.07, 6.45) is 6.63. The lowest BCUT2D eigenvalue weighted by Crippen LogP contribution is -2.48. The van der Waals surface area contributed by atoms with Crippen molar-refractivity contribution < 1.29 is 0 Å². The van der Waals surface area contributed by atoms with Crippen molar-refractivity contribution in [3.63, 3.8) is 0 Å². The van der Waals surface area contributed by atoms with E-state index in [0.29, 0.717) is 0 Å². The summed E-state index contributed by atoms with van der Waals surface area (Å²) in [5, 5.41) is 3.69. The highest BCUT2D eigenvalue weighted by molar-refractivity contribution is 4.81. The summed E-state index contributed by atoms with van der Waals surface area (Å²) in [5.74, 6) is 0.909. The Kier molecular flexibility index (Phi) is 7.14. The smallest absolute Gasteiger partial charge is 0.0197 e. The van der Waals surface area contributed by atoms with E-state index in [2.05, 4.69) is 37.9 Å². The van der Waals surface area contributed by atoms with Gasteiger partial charge in [0.15, 0.2) is 0 Å². The Morgan fingerprint density at radius 1 is 1.35 bits per heavy atom. The Bertz CT molecular complexity index is 193. The molecule has 0 spiro atoms. The van der Waals surface area contributed by atoms with Gasteiger partial charge in [-0.15, -0.1) is 0 Å². The monoisotopic (exact) mass is 240 g/mol. The van der Waals surface area contributed by atoms with Gasteiger partial charge in [-0.2, -0.15) is 0 Å². The SMILES string of the molecule is CCCCN(CC1CC(C)CCN1)C(C)CC. The summed E-state index contributed by atoms with van der Waals surface area (Å²) < 4.78 is 0. The van der Waals surface area contributed by atoms with Gasteiger partial charge in [0.25, 0.3) is 0 Å². The standard InChI is InChI=1S/C15H32N2/c1-5-7-10-17(14(4)6-2)12-15-11-13(3)8-9-16-15/h13-16H,5-12H2,1-4H3. The van der Waals surface area contributed by atoms with Crippen LogP contribution in [0.15, 0.2) is 0 Å². The molecule has 1 N–H and O–H groups in total. The van der Waals surface area contributed by atoms with Gasteiger partial charge in [0.1, 0.15) is 0 Å². The van der Waals surface area contributed by atoms with Crippen LogP contribution in [0.5, 0.6) is 0 Å². The second-order valence-electron chi connectivity index (χ2n) is 5.89. The van der Waals surface area contributed by atoms with Gasteiger partial charge in [0.2, 0.25) is 0 Å². The minimum Gasteiger partial charge on any atom is -0.313 e. The first-order valence-corrected chi connectivity index (χ1v) is 7.64. The topological polar surface area (TPSA) is 15.3 Å². The minimum atomic E-state index is 0.726. The highest BCUT2D eigenvalue weighted by Gasteiger charge is 2.22. The van der Waals surface area contributed by atoms with Gasteiger partial charge < -0.3 is 5.32 Å². The maximum absolute atomic E-state index is 3.69. The molecule has 3 atom stereocenters. The van der Waals surface area contributed by atoms with Crippen LogP contribution in [-0.2, 0) is 0 Å². The lowest BCUT2D eigenvalue weighted by Gasteiger charge is -2.36. The molecule has 1 rings (SSSR count). The van der Waals surface area contributed by atoms with Gasteiger partial charge in [-0.1, -0.05) is 27.2 Å². The molecule has 1 fully saturated rings. The molecule has 1 aliphatic heterocycles. The van der Waals surface area contributed by atoms with Gasteiger partial charge >= 0.3 is 0 Å². The molecule has 0 aromatic carbocycles. The molecule has 0 saturated carbocycles. The zero-order valence-electron chi connectivity index (χ0n) is 12.3. The molecule has 0 aromatic rings. The predicted molar refractivity (Wildman–Crippen MR) is 76.4 cm³/mol. The van der Waals surface area contributed by atoms with Crippen molar-refractivity contribution in [1.82, 2.24) is 10.2 Å². The number of nitrogens with one attached hydrogen (secondary N) is 1. The maximum Gasteiger partial charge on any atom is 0.0197 e. The van der Waals surface area contributed by atoms with Crippen LogP contribution in [0, 0.1) is 5.92 Å². The maximum atomic E-state index is 3.69. The molecule has 1 aliphatic rings. The average Bonchev–Trinajstić information content (AvgIpc) is 2.33. The molecule has 0 aliphatic carbocycles. The molecule has 0 radical (unpaired) electrons. The summed E-state index contributed by atoms with van der Waals surface area (Å²) >= 11 is 0. The fourth-order valence-corrected chi connectivity index (χ4v) is 2.75. The highest BCUT2D eigenvalue weighted by Crippen LogP contribution is 2.17. The number of nitrogens with zero attached hydrogens (tertiary/aromatic N) is 1. The van der Waals surface area contributed by atoms with Crippen molar-refractivity contribution in [1.29, 1.82) is 0 Å². The van der Waals surface area contributed by atoms with E-state index in [1.165, 1.54) is 51.7 Å². The molecule has 3 unspecified atom stereocenters. The summed E-state index contributed by atoms with van der Waals surface area (Å²) in [6.45, 7) is 13.1. The van der Waals surface area contributed by atoms with Crippen molar-refractivity contribution in [3.05, 3.63) is 0 Å². The van der Waals surface area contributed by atoms with E-state index in [9.17, 15) is 0 Å². The number of rotatable bonds is 7. The molecule has 2 nitrogen and oxygen atoms in total. The third kappa shape index (κ3) is 5.39. The molecule has 102 valence electrons. The molecule has 2 heteroatoms. The van der Waals surface area contributed by atoms with Gasteiger partial charge in [-0.05, 0) is 51.6 Å². The summed E-state index contributed by atoms with van der Waals surface area (Å²) in [4.78, 5) is 2.69. The van der Waals surface area contributed by atoms with Crippen molar-refractivity contribution in [2.24, 2.45) is 5.92 Å². The van der Waals surface area contributed by atoms with Crippen LogP contribution < -0.4 is 5.32 Å². The molecule has 17 heavy (non-hydrogen) atoms. The van der Waals surface area contributed by atoms with E-state index in [-0.39, 0.29) is 0 Å². The quantitative estimate of drug-likeness (QED) is 0.735. The summed E-state index contributed by atoms with van der Waals surface area (Å²) in [7, 11) is 0. The second-order valence-corrected chi connectivity index (χ2v) is 5.89. The fraction of sp³-hybridized carbons (Fsp3) is 1.00. The molecule has 1 saturated heterocycles. The van der Waals surface area contributed by atoms with Crippen molar-refractivity contribution in [2.75, 3.05) is 19.6 Å². The molecular weight excluding hydrogens is 208 g/mol. The van der Waals surface area contributed by atoms with Crippen molar-refractivity contribution in [2.45, 2.75) is 71.9 Å². The van der Waals surface area contributed by atoms with E-state index in [0.717, 1.165) is 18.0 Å². The molecule has 1 heterocycles. The molecule has 0 amide bonds. The number of hydrogen-bond acceptors (Lipinski definition) is 2. The largest absolute Gasteiger partial charge is 0.313 e. The van der Waals surface area contributed by atoms with Gasteiger partial charge in [0, 0.05) is 18.6 Å². The Labute approximate surface area is 108 Å². The zero-order valence-corrected chi connectivity index (χ0v) is 12.3. The van der Waals surface area contributed by atoms with E-state index >= 15 is 0 Å². The predicted octanol–water partition coefficient (Wildman–Crippen LogP) is 3.28. The fourth-order valence-electron chi connectivity index (χ4n) is 2.75. The van der Waals surface area contributed by atoms with Gasteiger partial charge in [0.05, 0.1) is 0 Å². The van der Waals surface area contributed by atoms with Crippen LogP contribution in [0.3, 0.4) is 0 Å². The number of piperidine rings is 1. The van der Waals surface area contributed by atoms with Gasteiger partial charge in [-0.3, -0.25) is 4.90 Å². The van der Waals surface area contributed by atoms with E-state index < -0.39 is 0 Å². The number of unbranched alkanes of at least 4 members (excludes halogenated alkanes) is 1. The van der Waals surface area contributed by atoms with Gasteiger partial charge in [-0.25, -0.2) is 0 Å². The lowest BCUT2D eigenvalue weighted by molar-refractivity contribution is 0.159. The van der Waals surface area contributed by atoms with Crippen molar-refractivity contribution >= 4 is 0 Å². The van der Waals surface area contributed by atoms with Crippen LogP contribution >= 0.6 is 0 Å².